The van der Waals surface area contributed by atoms with Crippen LogP contribution in [-0.4, -0.2) is 23.5 Å². The number of hydrogen-bond donors (Lipinski definition) is 2. The molecule has 0 spiro atoms. The van der Waals surface area contributed by atoms with Gasteiger partial charge in [-0.1, -0.05) is 6.92 Å². The molecule has 4 heteroatoms. The smallest absolute Gasteiger partial charge is 0.303 e. The molecule has 4 nitrogen and oxygen atoms in total. The maximum Gasteiger partial charge on any atom is 0.303 e. The van der Waals surface area contributed by atoms with Crippen LogP contribution in [0, 0.1) is 0 Å². The first-order valence-electron chi connectivity index (χ1n) is 4.65. The standard InChI is InChI=1S/C9H17NO3/c1-2-5-8(11)10-7-4-3-6-9(12)13/h2-7H2,1H3,(H,10,11)(H,12,13). The number of carbonyl (C=O) groups is 2. The number of unbranched alkanes of at least 4 members (excludes halogenated alkanes) is 1. The van der Waals surface area contributed by atoms with Gasteiger partial charge in [0.15, 0.2) is 0 Å². The molecule has 0 bridgehead atoms. The second-order valence-corrected chi connectivity index (χ2v) is 2.95. The molecular weight excluding hydrogens is 170 g/mol. The van der Waals surface area contributed by atoms with E-state index in [-0.39, 0.29) is 12.3 Å². The fourth-order valence-electron chi connectivity index (χ4n) is 0.944. The van der Waals surface area contributed by atoms with Crippen molar-refractivity contribution in [3.63, 3.8) is 0 Å². The Morgan fingerprint density at radius 2 is 1.92 bits per heavy atom. The maximum atomic E-state index is 10.9. The van der Waals surface area contributed by atoms with Gasteiger partial charge >= 0.3 is 5.97 Å². The van der Waals surface area contributed by atoms with Crippen molar-refractivity contribution in [3.05, 3.63) is 0 Å². The van der Waals surface area contributed by atoms with Gasteiger partial charge in [0.1, 0.15) is 0 Å². The third-order valence-electron chi connectivity index (χ3n) is 1.62. The van der Waals surface area contributed by atoms with Gasteiger partial charge in [-0.25, -0.2) is 0 Å². The van der Waals surface area contributed by atoms with Crippen molar-refractivity contribution in [3.8, 4) is 0 Å². The van der Waals surface area contributed by atoms with Gasteiger partial charge in [-0.15, -0.1) is 0 Å². The fourth-order valence-corrected chi connectivity index (χ4v) is 0.944. The zero-order chi connectivity index (χ0) is 10.1. The lowest BCUT2D eigenvalue weighted by Crippen LogP contribution is -2.23. The Morgan fingerprint density at radius 3 is 2.46 bits per heavy atom. The van der Waals surface area contributed by atoms with Gasteiger partial charge in [0, 0.05) is 19.4 Å². The first-order chi connectivity index (χ1) is 6.16. The third-order valence-corrected chi connectivity index (χ3v) is 1.62. The monoisotopic (exact) mass is 187 g/mol. The Balaban J connectivity index is 3.16. The van der Waals surface area contributed by atoms with Gasteiger partial charge in [0.25, 0.3) is 0 Å². The molecule has 0 saturated carbocycles. The summed E-state index contributed by atoms with van der Waals surface area (Å²) in [5.41, 5.74) is 0. The van der Waals surface area contributed by atoms with Crippen molar-refractivity contribution in [2.45, 2.75) is 39.0 Å². The molecule has 0 aromatic heterocycles. The van der Waals surface area contributed by atoms with Crippen LogP contribution in [0.4, 0.5) is 0 Å². The number of amides is 1. The molecule has 0 aliphatic rings. The molecule has 76 valence electrons. The van der Waals surface area contributed by atoms with Gasteiger partial charge in [-0.05, 0) is 19.3 Å². The third kappa shape index (κ3) is 8.85. The first-order valence-corrected chi connectivity index (χ1v) is 4.65. The van der Waals surface area contributed by atoms with Crippen molar-refractivity contribution in [2.75, 3.05) is 6.54 Å². The minimum absolute atomic E-state index is 0.0535. The molecule has 0 radical (unpaired) electrons. The molecule has 0 unspecified atom stereocenters. The summed E-state index contributed by atoms with van der Waals surface area (Å²) in [6, 6.07) is 0. The number of carboxylic acids is 1. The predicted molar refractivity (Wildman–Crippen MR) is 49.4 cm³/mol. The Labute approximate surface area is 78.3 Å². The van der Waals surface area contributed by atoms with Crippen molar-refractivity contribution in [1.82, 2.24) is 5.32 Å². The van der Waals surface area contributed by atoms with Crippen molar-refractivity contribution in [1.29, 1.82) is 0 Å². The molecule has 0 aliphatic heterocycles. The topological polar surface area (TPSA) is 66.4 Å². The van der Waals surface area contributed by atoms with Crippen LogP contribution < -0.4 is 5.32 Å². The van der Waals surface area contributed by atoms with E-state index in [1.165, 1.54) is 0 Å². The molecule has 0 heterocycles. The van der Waals surface area contributed by atoms with E-state index < -0.39 is 5.97 Å². The summed E-state index contributed by atoms with van der Waals surface area (Å²) < 4.78 is 0. The lowest BCUT2D eigenvalue weighted by Gasteiger charge is -2.02. The fraction of sp³-hybridized carbons (Fsp3) is 0.778. The summed E-state index contributed by atoms with van der Waals surface area (Å²) in [7, 11) is 0. The van der Waals surface area contributed by atoms with E-state index in [0.717, 1.165) is 12.8 Å². The number of carboxylic acid groups (broad SMARTS) is 1. The van der Waals surface area contributed by atoms with Gasteiger partial charge < -0.3 is 10.4 Å². The highest BCUT2D eigenvalue weighted by atomic mass is 16.4. The Bertz CT molecular complexity index is 168. The second kappa shape index (κ2) is 7.58. The highest BCUT2D eigenvalue weighted by Crippen LogP contribution is 1.94. The molecule has 1 amide bonds. The van der Waals surface area contributed by atoms with Crippen LogP contribution >= 0.6 is 0 Å². The summed E-state index contributed by atoms with van der Waals surface area (Å²) in [6.07, 6.45) is 2.95. The Morgan fingerprint density at radius 1 is 1.23 bits per heavy atom. The summed E-state index contributed by atoms with van der Waals surface area (Å²) in [4.78, 5) is 21.0. The number of carbonyl (C=O) groups excluding carboxylic acids is 1. The second-order valence-electron chi connectivity index (χ2n) is 2.95. The molecule has 0 rings (SSSR count). The van der Waals surface area contributed by atoms with Crippen LogP contribution in [0.15, 0.2) is 0 Å². The number of hydrogen-bond acceptors (Lipinski definition) is 2. The van der Waals surface area contributed by atoms with E-state index in [0.29, 0.717) is 19.4 Å². The van der Waals surface area contributed by atoms with E-state index in [9.17, 15) is 9.59 Å². The largest absolute Gasteiger partial charge is 0.481 e. The van der Waals surface area contributed by atoms with Crippen LogP contribution in [0.2, 0.25) is 0 Å². The molecule has 0 saturated heterocycles. The van der Waals surface area contributed by atoms with Gasteiger partial charge in [-0.3, -0.25) is 9.59 Å². The summed E-state index contributed by atoms with van der Waals surface area (Å²) >= 11 is 0. The lowest BCUT2D eigenvalue weighted by atomic mass is 10.2. The van der Waals surface area contributed by atoms with E-state index in [1.807, 2.05) is 6.92 Å². The average molecular weight is 187 g/mol. The van der Waals surface area contributed by atoms with Crippen LogP contribution in [-0.2, 0) is 9.59 Å². The number of rotatable bonds is 7. The van der Waals surface area contributed by atoms with E-state index in [1.54, 1.807) is 0 Å². The molecule has 13 heavy (non-hydrogen) atoms. The first kappa shape index (κ1) is 11.9. The zero-order valence-electron chi connectivity index (χ0n) is 8.01. The van der Waals surface area contributed by atoms with Crippen molar-refractivity contribution in [2.24, 2.45) is 0 Å². The molecule has 0 fully saturated rings. The summed E-state index contributed by atoms with van der Waals surface area (Å²) in [6.45, 7) is 2.54. The van der Waals surface area contributed by atoms with Gasteiger partial charge in [0.2, 0.25) is 5.91 Å². The lowest BCUT2D eigenvalue weighted by molar-refractivity contribution is -0.137. The minimum Gasteiger partial charge on any atom is -0.481 e. The van der Waals surface area contributed by atoms with Crippen LogP contribution in [0.1, 0.15) is 39.0 Å². The molecular formula is C9H17NO3. The minimum atomic E-state index is -0.778. The highest BCUT2D eigenvalue weighted by molar-refractivity contribution is 5.75. The zero-order valence-corrected chi connectivity index (χ0v) is 8.01. The predicted octanol–water partition coefficient (Wildman–Crippen LogP) is 1.16. The molecule has 2 N–H and O–H groups in total. The summed E-state index contributed by atoms with van der Waals surface area (Å²) in [5, 5.41) is 11.0. The molecule has 0 aliphatic carbocycles. The van der Waals surface area contributed by atoms with Crippen molar-refractivity contribution >= 4 is 11.9 Å². The van der Waals surface area contributed by atoms with Crippen molar-refractivity contribution < 1.29 is 14.7 Å². The molecule has 0 aromatic rings. The quantitative estimate of drug-likeness (QED) is 0.588. The normalized spacial score (nSPS) is 9.62. The van der Waals surface area contributed by atoms with E-state index >= 15 is 0 Å². The van der Waals surface area contributed by atoms with Crippen LogP contribution in [0.5, 0.6) is 0 Å². The average Bonchev–Trinajstić information content (AvgIpc) is 2.03. The molecule has 0 aromatic carbocycles. The highest BCUT2D eigenvalue weighted by Gasteiger charge is 1.99. The SMILES string of the molecule is CCCC(=O)NCCCCC(=O)O. The molecule has 0 atom stereocenters. The van der Waals surface area contributed by atoms with Crippen LogP contribution in [0.3, 0.4) is 0 Å². The maximum absolute atomic E-state index is 10.9. The van der Waals surface area contributed by atoms with Gasteiger partial charge in [0.05, 0.1) is 0 Å². The Kier molecular flexibility index (Phi) is 6.96. The van der Waals surface area contributed by atoms with E-state index in [2.05, 4.69) is 5.32 Å². The van der Waals surface area contributed by atoms with E-state index in [4.69, 9.17) is 5.11 Å². The summed E-state index contributed by atoms with van der Waals surface area (Å²) in [5.74, 6) is -0.724. The van der Waals surface area contributed by atoms with Gasteiger partial charge in [-0.2, -0.15) is 0 Å². The van der Waals surface area contributed by atoms with Crippen LogP contribution in [0.25, 0.3) is 0 Å². The number of nitrogens with one attached hydrogen (secondary N) is 1. The Hall–Kier alpha value is -1.06. The number of aliphatic carboxylic acids is 1.